The van der Waals surface area contributed by atoms with Gasteiger partial charge in [0.05, 0.1) is 37.8 Å². The van der Waals surface area contributed by atoms with Gasteiger partial charge >= 0.3 is 12.0 Å². The molecule has 0 bridgehead atoms. The van der Waals surface area contributed by atoms with Gasteiger partial charge in [0.25, 0.3) is 0 Å². The third kappa shape index (κ3) is 5.71. The van der Waals surface area contributed by atoms with Crippen molar-refractivity contribution >= 4 is 0 Å². The number of benzene rings is 2. The van der Waals surface area contributed by atoms with Gasteiger partial charge in [0.1, 0.15) is 0 Å². The summed E-state index contributed by atoms with van der Waals surface area (Å²) in [6.45, 7) is 9.68. The van der Waals surface area contributed by atoms with Crippen LogP contribution in [0.25, 0.3) is 0 Å². The summed E-state index contributed by atoms with van der Waals surface area (Å²) in [4.78, 5) is 18.8. The largest absolute Gasteiger partial charge is 0.478 e. The third-order valence-electron chi connectivity index (χ3n) is 7.13. The number of ether oxygens (including phenoxy) is 4. The number of hydrogen-bond acceptors (Lipinski definition) is 8. The van der Waals surface area contributed by atoms with Crippen molar-refractivity contribution in [1.82, 2.24) is 19.9 Å². The molecule has 0 spiro atoms. The molecule has 1 saturated carbocycles. The minimum Gasteiger partial charge on any atom is -0.478 e. The number of nitrogens with zero attached hydrogens (tertiary/aromatic N) is 4. The zero-order valence-corrected chi connectivity index (χ0v) is 23.5. The lowest BCUT2D eigenvalue weighted by molar-refractivity contribution is 0.210. The summed E-state index contributed by atoms with van der Waals surface area (Å²) in [6.07, 6.45) is 0. The van der Waals surface area contributed by atoms with Crippen LogP contribution in [0.1, 0.15) is 73.9 Å². The van der Waals surface area contributed by atoms with Crippen LogP contribution in [0.4, 0.5) is 0 Å². The van der Waals surface area contributed by atoms with E-state index in [0.29, 0.717) is 50.2 Å². The Morgan fingerprint density at radius 3 is 1.20 bits per heavy atom. The third-order valence-corrected chi connectivity index (χ3v) is 7.13. The van der Waals surface area contributed by atoms with Crippen LogP contribution in [0.5, 0.6) is 23.8 Å². The van der Waals surface area contributed by atoms with Crippen LogP contribution in [0.2, 0.25) is 0 Å². The standard InChI is InChI=1S/C32H36N4O4/c1-5-37-25-19-23(33-31(35-25)39-7-3)29-27(21-15-11-9-12-16-21)30(28(29)22-17-13-10-14-18-22)24-20-26(38-6-2)36-32(34-24)40-8-4/h9-20,27-30H,5-8H2,1-4H3. The maximum atomic E-state index is 5.85. The summed E-state index contributed by atoms with van der Waals surface area (Å²) in [7, 11) is 0. The van der Waals surface area contributed by atoms with Gasteiger partial charge in [-0.1, -0.05) is 60.7 Å². The molecule has 8 heteroatoms. The first-order valence-electron chi connectivity index (χ1n) is 14.1. The van der Waals surface area contributed by atoms with E-state index in [4.69, 9.17) is 28.9 Å². The quantitative estimate of drug-likeness (QED) is 0.207. The summed E-state index contributed by atoms with van der Waals surface area (Å²) in [5, 5.41) is 0. The van der Waals surface area contributed by atoms with Crippen LogP contribution < -0.4 is 18.9 Å². The zero-order valence-electron chi connectivity index (χ0n) is 23.5. The van der Waals surface area contributed by atoms with E-state index in [1.54, 1.807) is 0 Å². The van der Waals surface area contributed by atoms with E-state index in [-0.39, 0.29) is 23.7 Å². The highest BCUT2D eigenvalue weighted by Gasteiger charge is 2.54. The molecule has 5 rings (SSSR count). The summed E-state index contributed by atoms with van der Waals surface area (Å²) in [5.74, 6) is 1.16. The molecule has 2 aromatic heterocycles. The summed E-state index contributed by atoms with van der Waals surface area (Å²) >= 11 is 0. The van der Waals surface area contributed by atoms with Crippen molar-refractivity contribution in [1.29, 1.82) is 0 Å². The average molecular weight is 541 g/mol. The van der Waals surface area contributed by atoms with Crippen molar-refractivity contribution < 1.29 is 18.9 Å². The monoisotopic (exact) mass is 540 g/mol. The summed E-state index contributed by atoms with van der Waals surface area (Å²) in [5.41, 5.74) is 4.16. The van der Waals surface area contributed by atoms with E-state index in [2.05, 4.69) is 58.5 Å². The van der Waals surface area contributed by atoms with Gasteiger partial charge in [-0.15, -0.1) is 0 Å². The van der Waals surface area contributed by atoms with Crippen molar-refractivity contribution in [3.63, 3.8) is 0 Å². The lowest BCUT2D eigenvalue weighted by Gasteiger charge is -2.52. The first kappa shape index (κ1) is 27.4. The minimum absolute atomic E-state index is 0.0114. The smallest absolute Gasteiger partial charge is 0.319 e. The van der Waals surface area contributed by atoms with Gasteiger partial charge in [0, 0.05) is 35.8 Å². The van der Waals surface area contributed by atoms with Crippen molar-refractivity contribution in [2.75, 3.05) is 26.4 Å². The predicted molar refractivity (Wildman–Crippen MR) is 153 cm³/mol. The Morgan fingerprint density at radius 2 is 0.850 bits per heavy atom. The normalized spacial score (nSPS) is 19.9. The predicted octanol–water partition coefficient (Wildman–Crippen LogP) is 6.31. The average Bonchev–Trinajstić information content (AvgIpc) is 2.94. The molecule has 40 heavy (non-hydrogen) atoms. The molecular formula is C32H36N4O4. The van der Waals surface area contributed by atoms with E-state index >= 15 is 0 Å². The Kier molecular flexibility index (Phi) is 8.74. The van der Waals surface area contributed by atoms with Crippen molar-refractivity contribution in [2.45, 2.75) is 51.4 Å². The van der Waals surface area contributed by atoms with Gasteiger partial charge in [-0.2, -0.15) is 19.9 Å². The van der Waals surface area contributed by atoms with Crippen molar-refractivity contribution in [2.24, 2.45) is 0 Å². The first-order valence-corrected chi connectivity index (χ1v) is 14.1. The van der Waals surface area contributed by atoms with E-state index < -0.39 is 0 Å². The Balaban J connectivity index is 1.70. The van der Waals surface area contributed by atoms with Gasteiger partial charge in [-0.25, -0.2) is 0 Å². The second kappa shape index (κ2) is 12.8. The van der Waals surface area contributed by atoms with Gasteiger partial charge in [0.2, 0.25) is 11.8 Å². The molecule has 0 aliphatic heterocycles. The molecule has 1 fully saturated rings. The molecule has 1 aliphatic carbocycles. The number of rotatable bonds is 12. The molecular weight excluding hydrogens is 504 g/mol. The second-order valence-corrected chi connectivity index (χ2v) is 9.48. The van der Waals surface area contributed by atoms with Crippen LogP contribution in [0.15, 0.2) is 72.8 Å². The first-order chi connectivity index (χ1) is 19.7. The highest BCUT2D eigenvalue weighted by atomic mass is 16.5. The molecule has 0 atom stereocenters. The van der Waals surface area contributed by atoms with Crippen LogP contribution in [-0.4, -0.2) is 46.4 Å². The highest BCUT2D eigenvalue weighted by molar-refractivity contribution is 5.47. The lowest BCUT2D eigenvalue weighted by atomic mass is 9.50. The van der Waals surface area contributed by atoms with Crippen LogP contribution in [0.3, 0.4) is 0 Å². The van der Waals surface area contributed by atoms with Gasteiger partial charge in [0.15, 0.2) is 0 Å². The highest BCUT2D eigenvalue weighted by Crippen LogP contribution is 2.66. The molecule has 208 valence electrons. The molecule has 8 nitrogen and oxygen atoms in total. The number of aromatic nitrogens is 4. The zero-order chi connectivity index (χ0) is 27.9. The summed E-state index contributed by atoms with van der Waals surface area (Å²) < 4.78 is 23.2. The van der Waals surface area contributed by atoms with E-state index in [9.17, 15) is 0 Å². The molecule has 0 saturated heterocycles. The van der Waals surface area contributed by atoms with E-state index in [0.717, 1.165) is 11.4 Å². The molecule has 0 radical (unpaired) electrons. The van der Waals surface area contributed by atoms with Crippen molar-refractivity contribution in [3.05, 3.63) is 95.3 Å². The maximum Gasteiger partial charge on any atom is 0.319 e. The van der Waals surface area contributed by atoms with E-state index in [1.807, 2.05) is 52.0 Å². The molecule has 2 heterocycles. The SMILES string of the molecule is CCOc1cc(C2C(c3ccccc3)C(c3cc(OCC)nc(OCC)n3)C2c2ccccc2)nc(OCC)n1. The lowest BCUT2D eigenvalue weighted by Crippen LogP contribution is -2.41. The Bertz CT molecular complexity index is 1220. The fourth-order valence-corrected chi connectivity index (χ4v) is 5.68. The number of hydrogen-bond donors (Lipinski definition) is 0. The maximum absolute atomic E-state index is 5.85. The van der Waals surface area contributed by atoms with Crippen LogP contribution in [-0.2, 0) is 0 Å². The Hall–Kier alpha value is -4.20. The summed E-state index contributed by atoms with van der Waals surface area (Å²) in [6, 6.07) is 25.6. The minimum atomic E-state index is 0.0114. The fourth-order valence-electron chi connectivity index (χ4n) is 5.68. The van der Waals surface area contributed by atoms with Crippen LogP contribution >= 0.6 is 0 Å². The topological polar surface area (TPSA) is 88.5 Å². The molecule has 0 N–H and O–H groups in total. The Labute approximate surface area is 235 Å². The molecule has 0 amide bonds. The van der Waals surface area contributed by atoms with Gasteiger partial charge in [-0.05, 0) is 38.8 Å². The van der Waals surface area contributed by atoms with Crippen LogP contribution in [0, 0.1) is 0 Å². The Morgan fingerprint density at radius 1 is 0.475 bits per heavy atom. The molecule has 4 aromatic rings. The molecule has 1 aliphatic rings. The van der Waals surface area contributed by atoms with Gasteiger partial charge in [-0.3, -0.25) is 0 Å². The second-order valence-electron chi connectivity index (χ2n) is 9.48. The van der Waals surface area contributed by atoms with Crippen molar-refractivity contribution in [3.8, 4) is 23.8 Å². The molecule has 2 aromatic carbocycles. The molecule has 0 unspecified atom stereocenters. The van der Waals surface area contributed by atoms with E-state index in [1.165, 1.54) is 11.1 Å². The fraction of sp³-hybridized carbons (Fsp3) is 0.375. The van der Waals surface area contributed by atoms with Gasteiger partial charge < -0.3 is 18.9 Å².